The minimum Gasteiger partial charge on any atom is -0.496 e. The van der Waals surface area contributed by atoms with E-state index in [1.807, 2.05) is 26.0 Å². The van der Waals surface area contributed by atoms with Gasteiger partial charge in [-0.3, -0.25) is 0 Å². The summed E-state index contributed by atoms with van der Waals surface area (Å²) in [4.78, 5) is 24.1. The van der Waals surface area contributed by atoms with Crippen molar-refractivity contribution in [2.75, 3.05) is 7.11 Å². The Hall–Kier alpha value is -3.08. The van der Waals surface area contributed by atoms with Gasteiger partial charge in [0, 0.05) is 17.0 Å². The van der Waals surface area contributed by atoms with Crippen LogP contribution in [0.5, 0.6) is 5.75 Å². The van der Waals surface area contributed by atoms with Crippen molar-refractivity contribution in [1.82, 2.24) is 0 Å². The average Bonchev–Trinajstić information content (AvgIpc) is 2.60. The second-order valence-electron chi connectivity index (χ2n) is 5.80. The van der Waals surface area contributed by atoms with E-state index in [1.54, 1.807) is 24.3 Å². The Bertz CT molecular complexity index is 1000. The summed E-state index contributed by atoms with van der Waals surface area (Å²) in [6.45, 7) is 3.90. The standard InChI is InChI=1S/C20H18O5/c1-12-8-16-14(10-19(21)25-18(16)9-13(12)2)11-24-20(22)15-6-4-5-7-17(15)23-3/h4-10H,11H2,1-3H3. The maximum Gasteiger partial charge on any atom is 0.342 e. The quantitative estimate of drug-likeness (QED) is 0.535. The summed E-state index contributed by atoms with van der Waals surface area (Å²) in [5, 5.41) is 0.760. The number of hydrogen-bond donors (Lipinski definition) is 0. The zero-order valence-electron chi connectivity index (χ0n) is 14.3. The van der Waals surface area contributed by atoms with E-state index in [1.165, 1.54) is 13.2 Å². The molecule has 0 bridgehead atoms. The highest BCUT2D eigenvalue weighted by Crippen LogP contribution is 2.23. The Morgan fingerprint density at radius 2 is 1.80 bits per heavy atom. The van der Waals surface area contributed by atoms with Gasteiger partial charge in [0.2, 0.25) is 0 Å². The van der Waals surface area contributed by atoms with Crippen molar-refractivity contribution < 1.29 is 18.7 Å². The number of esters is 1. The fourth-order valence-corrected chi connectivity index (χ4v) is 2.64. The Morgan fingerprint density at radius 1 is 1.08 bits per heavy atom. The summed E-state index contributed by atoms with van der Waals surface area (Å²) in [6.07, 6.45) is 0. The summed E-state index contributed by atoms with van der Waals surface area (Å²) in [6, 6.07) is 11.9. The molecule has 0 fully saturated rings. The van der Waals surface area contributed by atoms with Crippen molar-refractivity contribution in [3.8, 4) is 5.75 Å². The van der Waals surface area contributed by atoms with Crippen molar-refractivity contribution in [2.24, 2.45) is 0 Å². The molecule has 0 N–H and O–H groups in total. The molecule has 0 spiro atoms. The van der Waals surface area contributed by atoms with Gasteiger partial charge < -0.3 is 13.9 Å². The number of para-hydroxylation sites is 1. The van der Waals surface area contributed by atoms with E-state index in [0.717, 1.165) is 16.5 Å². The second-order valence-corrected chi connectivity index (χ2v) is 5.80. The van der Waals surface area contributed by atoms with E-state index in [-0.39, 0.29) is 6.61 Å². The van der Waals surface area contributed by atoms with Gasteiger partial charge in [-0.1, -0.05) is 12.1 Å². The fourth-order valence-electron chi connectivity index (χ4n) is 2.64. The van der Waals surface area contributed by atoms with Crippen LogP contribution < -0.4 is 10.4 Å². The van der Waals surface area contributed by atoms with Gasteiger partial charge in [0.1, 0.15) is 23.5 Å². The first-order valence-corrected chi connectivity index (χ1v) is 7.83. The molecule has 25 heavy (non-hydrogen) atoms. The second kappa shape index (κ2) is 6.81. The first kappa shape index (κ1) is 16.8. The fraction of sp³-hybridized carbons (Fsp3) is 0.200. The number of fused-ring (bicyclic) bond motifs is 1. The number of aryl methyl sites for hydroxylation is 2. The lowest BCUT2D eigenvalue weighted by molar-refractivity contribution is 0.0470. The molecule has 3 rings (SSSR count). The number of benzene rings is 2. The lowest BCUT2D eigenvalue weighted by Gasteiger charge is -2.10. The molecule has 2 aromatic carbocycles. The number of carbonyl (C=O) groups is 1. The van der Waals surface area contributed by atoms with Crippen LogP contribution >= 0.6 is 0 Å². The maximum absolute atomic E-state index is 12.3. The van der Waals surface area contributed by atoms with E-state index >= 15 is 0 Å². The number of hydrogen-bond acceptors (Lipinski definition) is 5. The van der Waals surface area contributed by atoms with E-state index in [0.29, 0.717) is 22.5 Å². The molecule has 0 saturated heterocycles. The van der Waals surface area contributed by atoms with E-state index < -0.39 is 11.6 Å². The lowest BCUT2D eigenvalue weighted by Crippen LogP contribution is -2.09. The Labute approximate surface area is 144 Å². The van der Waals surface area contributed by atoms with Crippen LogP contribution in [0.1, 0.15) is 27.0 Å². The Balaban J connectivity index is 1.92. The summed E-state index contributed by atoms with van der Waals surface area (Å²) in [5.41, 5.74) is 3.05. The van der Waals surface area contributed by atoms with Crippen LogP contribution in [0, 0.1) is 13.8 Å². The molecule has 0 radical (unpaired) electrons. The van der Waals surface area contributed by atoms with Gasteiger partial charge >= 0.3 is 11.6 Å². The summed E-state index contributed by atoms with van der Waals surface area (Å²) >= 11 is 0. The number of carbonyl (C=O) groups excluding carboxylic acids is 1. The molecule has 1 aromatic heterocycles. The monoisotopic (exact) mass is 338 g/mol. The van der Waals surface area contributed by atoms with Crippen LogP contribution in [0.15, 0.2) is 51.7 Å². The van der Waals surface area contributed by atoms with Crippen molar-refractivity contribution in [1.29, 1.82) is 0 Å². The predicted molar refractivity (Wildman–Crippen MR) is 94.1 cm³/mol. The van der Waals surface area contributed by atoms with Gasteiger partial charge in [-0.05, 0) is 49.2 Å². The largest absolute Gasteiger partial charge is 0.496 e. The van der Waals surface area contributed by atoms with E-state index in [4.69, 9.17) is 13.9 Å². The van der Waals surface area contributed by atoms with Crippen LogP contribution in [-0.2, 0) is 11.3 Å². The topological polar surface area (TPSA) is 65.7 Å². The molecule has 128 valence electrons. The van der Waals surface area contributed by atoms with Gasteiger partial charge in [-0.2, -0.15) is 0 Å². The summed E-state index contributed by atoms with van der Waals surface area (Å²) < 4.78 is 15.8. The van der Waals surface area contributed by atoms with Crippen LogP contribution in [0.3, 0.4) is 0 Å². The van der Waals surface area contributed by atoms with Crippen LogP contribution in [0.4, 0.5) is 0 Å². The number of ether oxygens (including phenoxy) is 2. The number of rotatable bonds is 4. The zero-order chi connectivity index (χ0) is 18.0. The molecule has 0 amide bonds. The zero-order valence-corrected chi connectivity index (χ0v) is 14.3. The highest BCUT2D eigenvalue weighted by atomic mass is 16.5. The third kappa shape index (κ3) is 3.40. The number of methoxy groups -OCH3 is 1. The first-order chi connectivity index (χ1) is 12.0. The van der Waals surface area contributed by atoms with Gasteiger partial charge in [0.05, 0.1) is 7.11 Å². The SMILES string of the molecule is COc1ccccc1C(=O)OCc1cc(=O)oc2cc(C)c(C)cc12. The van der Waals surface area contributed by atoms with Crippen LogP contribution in [0.2, 0.25) is 0 Å². The molecular weight excluding hydrogens is 320 g/mol. The normalized spacial score (nSPS) is 10.7. The van der Waals surface area contributed by atoms with E-state index in [9.17, 15) is 9.59 Å². The molecule has 0 aliphatic heterocycles. The minimum absolute atomic E-state index is 0.0263. The molecule has 3 aromatic rings. The maximum atomic E-state index is 12.3. The Kier molecular flexibility index (Phi) is 4.57. The van der Waals surface area contributed by atoms with Crippen LogP contribution in [-0.4, -0.2) is 13.1 Å². The highest BCUT2D eigenvalue weighted by Gasteiger charge is 2.15. The smallest absolute Gasteiger partial charge is 0.342 e. The van der Waals surface area contributed by atoms with Gasteiger partial charge in [0.15, 0.2) is 0 Å². The molecular formula is C20H18O5. The molecule has 1 heterocycles. The minimum atomic E-state index is -0.511. The van der Waals surface area contributed by atoms with Gasteiger partial charge in [0.25, 0.3) is 0 Å². The molecule has 5 nitrogen and oxygen atoms in total. The molecule has 0 aliphatic rings. The molecule has 0 atom stereocenters. The van der Waals surface area contributed by atoms with E-state index in [2.05, 4.69) is 0 Å². The van der Waals surface area contributed by atoms with Crippen molar-refractivity contribution >= 4 is 16.9 Å². The predicted octanol–water partition coefficient (Wildman–Crippen LogP) is 3.78. The van der Waals surface area contributed by atoms with Crippen molar-refractivity contribution in [3.05, 3.63) is 75.1 Å². The summed E-state index contributed by atoms with van der Waals surface area (Å²) in [5.74, 6) is -0.0703. The van der Waals surface area contributed by atoms with Gasteiger partial charge in [-0.25, -0.2) is 9.59 Å². The van der Waals surface area contributed by atoms with Gasteiger partial charge in [-0.15, -0.1) is 0 Å². The van der Waals surface area contributed by atoms with Crippen molar-refractivity contribution in [2.45, 2.75) is 20.5 Å². The summed E-state index contributed by atoms with van der Waals surface area (Å²) in [7, 11) is 1.49. The molecule has 0 unspecified atom stereocenters. The van der Waals surface area contributed by atoms with Crippen LogP contribution in [0.25, 0.3) is 11.0 Å². The highest BCUT2D eigenvalue weighted by molar-refractivity contribution is 5.92. The first-order valence-electron chi connectivity index (χ1n) is 7.83. The third-order valence-electron chi connectivity index (χ3n) is 4.13. The van der Waals surface area contributed by atoms with Crippen molar-refractivity contribution in [3.63, 3.8) is 0 Å². The lowest BCUT2D eigenvalue weighted by atomic mass is 10.0. The molecule has 0 aliphatic carbocycles. The molecule has 5 heteroatoms. The molecule has 0 saturated carbocycles. The Morgan fingerprint density at radius 3 is 2.56 bits per heavy atom. The third-order valence-corrected chi connectivity index (χ3v) is 4.13. The average molecular weight is 338 g/mol.